The summed E-state index contributed by atoms with van der Waals surface area (Å²) in [7, 11) is 0. The van der Waals surface area contributed by atoms with E-state index in [0.29, 0.717) is 17.1 Å². The van der Waals surface area contributed by atoms with Crippen molar-refractivity contribution in [2.75, 3.05) is 17.7 Å². The van der Waals surface area contributed by atoms with Gasteiger partial charge in [0.1, 0.15) is 35.7 Å². The number of esters is 1. The zero-order valence-electron chi connectivity index (χ0n) is 14.8. The molecule has 3 heterocycles. The van der Waals surface area contributed by atoms with Gasteiger partial charge in [0.25, 0.3) is 0 Å². The maximum atomic E-state index is 13.8. The smallest absolute Gasteiger partial charge is 0.346 e. The molecule has 4 rings (SSSR count). The number of anilines is 2. The molecule has 140 valence electrons. The van der Waals surface area contributed by atoms with Crippen LogP contribution >= 0.6 is 0 Å². The number of aromatic nitrogens is 3. The molecule has 1 aliphatic heterocycles. The Kier molecular flexibility index (Phi) is 4.06. The van der Waals surface area contributed by atoms with E-state index in [4.69, 9.17) is 15.2 Å². The van der Waals surface area contributed by atoms with Crippen LogP contribution in [0.1, 0.15) is 35.8 Å². The average Bonchev–Trinajstić information content (AvgIpc) is 2.95. The topological polar surface area (TPSA) is 104 Å². The fraction of sp³-hybridized carbons (Fsp3) is 0.278. The molecule has 8 nitrogen and oxygen atoms in total. The average molecular weight is 371 g/mol. The van der Waals surface area contributed by atoms with Crippen molar-refractivity contribution >= 4 is 23.3 Å². The Labute approximate surface area is 154 Å². The van der Waals surface area contributed by atoms with Gasteiger partial charge in [-0.3, -0.25) is 0 Å². The third kappa shape index (κ3) is 3.12. The summed E-state index contributed by atoms with van der Waals surface area (Å²) in [6.07, 6.45) is 1.19. The summed E-state index contributed by atoms with van der Waals surface area (Å²) in [5.74, 6) is 0.0126. The van der Waals surface area contributed by atoms with Crippen LogP contribution in [0.2, 0.25) is 0 Å². The molecule has 3 N–H and O–H groups in total. The third-order valence-electron chi connectivity index (χ3n) is 4.30. The van der Waals surface area contributed by atoms with Gasteiger partial charge in [-0.2, -0.15) is 0 Å². The lowest BCUT2D eigenvalue weighted by molar-refractivity contribution is 0.0342. The van der Waals surface area contributed by atoms with Gasteiger partial charge in [0.05, 0.1) is 6.04 Å². The number of nitrogen functional groups attached to an aromatic ring is 1. The Hall–Kier alpha value is -3.36. The first kappa shape index (κ1) is 17.1. The van der Waals surface area contributed by atoms with E-state index in [9.17, 15) is 9.18 Å². The summed E-state index contributed by atoms with van der Waals surface area (Å²) >= 11 is 0. The van der Waals surface area contributed by atoms with Gasteiger partial charge in [-0.15, -0.1) is 5.10 Å². The molecular formula is C18H18FN5O3. The van der Waals surface area contributed by atoms with Gasteiger partial charge in [-0.1, -0.05) is 0 Å². The Bertz CT molecular complexity index is 1040. The van der Waals surface area contributed by atoms with Crippen molar-refractivity contribution in [3.63, 3.8) is 0 Å². The van der Waals surface area contributed by atoms with Crippen molar-refractivity contribution in [2.45, 2.75) is 26.0 Å². The van der Waals surface area contributed by atoms with E-state index in [2.05, 4.69) is 15.4 Å². The van der Waals surface area contributed by atoms with Gasteiger partial charge in [0.15, 0.2) is 11.5 Å². The highest BCUT2D eigenvalue weighted by atomic mass is 19.1. The first-order chi connectivity index (χ1) is 12.9. The second-order valence-corrected chi connectivity index (χ2v) is 6.42. The van der Waals surface area contributed by atoms with Crippen molar-refractivity contribution < 1.29 is 18.7 Å². The van der Waals surface area contributed by atoms with Crippen molar-refractivity contribution in [1.29, 1.82) is 0 Å². The van der Waals surface area contributed by atoms with Crippen LogP contribution in [-0.2, 0) is 4.74 Å². The highest BCUT2D eigenvalue weighted by Crippen LogP contribution is 2.30. The van der Waals surface area contributed by atoms with Crippen molar-refractivity contribution in [3.8, 4) is 5.75 Å². The number of nitrogens with zero attached hydrogens (tertiary/aromatic N) is 3. The summed E-state index contributed by atoms with van der Waals surface area (Å²) in [6.45, 7) is 3.62. The number of nitrogens with one attached hydrogen (secondary N) is 1. The minimum absolute atomic E-state index is 0.00602. The predicted octanol–water partition coefficient (Wildman–Crippen LogP) is 2.56. The molecule has 0 amide bonds. The lowest BCUT2D eigenvalue weighted by Crippen LogP contribution is -2.23. The van der Waals surface area contributed by atoms with E-state index >= 15 is 0 Å². The maximum Gasteiger partial charge on any atom is 0.346 e. The molecule has 0 saturated carbocycles. The molecule has 3 aromatic rings. The summed E-state index contributed by atoms with van der Waals surface area (Å²) < 4.78 is 26.4. The zero-order valence-corrected chi connectivity index (χ0v) is 14.8. The highest BCUT2D eigenvalue weighted by molar-refractivity contribution is 6.00. The van der Waals surface area contributed by atoms with Crippen LogP contribution in [0, 0.1) is 5.82 Å². The third-order valence-corrected chi connectivity index (χ3v) is 4.30. The van der Waals surface area contributed by atoms with Crippen LogP contribution in [0.5, 0.6) is 5.75 Å². The maximum absolute atomic E-state index is 13.8. The Morgan fingerprint density at radius 2 is 2.15 bits per heavy atom. The number of benzene rings is 1. The fourth-order valence-corrected chi connectivity index (χ4v) is 3.00. The van der Waals surface area contributed by atoms with E-state index in [-0.39, 0.29) is 35.5 Å². The molecule has 0 fully saturated rings. The second-order valence-electron chi connectivity index (χ2n) is 6.42. The summed E-state index contributed by atoms with van der Waals surface area (Å²) in [5.41, 5.74) is 6.88. The minimum Gasteiger partial charge on any atom is -0.487 e. The van der Waals surface area contributed by atoms with E-state index < -0.39 is 12.1 Å². The molecule has 1 aromatic carbocycles. The van der Waals surface area contributed by atoms with Gasteiger partial charge in [-0.05, 0) is 38.1 Å². The molecule has 2 bridgehead atoms. The van der Waals surface area contributed by atoms with E-state index in [0.717, 1.165) is 0 Å². The fourth-order valence-electron chi connectivity index (χ4n) is 3.00. The summed E-state index contributed by atoms with van der Waals surface area (Å²) in [6, 6.07) is 5.67. The number of ether oxygens (including phenoxy) is 2. The van der Waals surface area contributed by atoms with Crippen LogP contribution in [0.15, 0.2) is 30.5 Å². The normalized spacial score (nSPS) is 19.9. The molecule has 0 unspecified atom stereocenters. The van der Waals surface area contributed by atoms with E-state index in [1.807, 2.05) is 6.92 Å². The molecule has 27 heavy (non-hydrogen) atoms. The highest BCUT2D eigenvalue weighted by Gasteiger charge is 2.24. The quantitative estimate of drug-likeness (QED) is 0.585. The lowest BCUT2D eigenvalue weighted by atomic mass is 10.1. The summed E-state index contributed by atoms with van der Waals surface area (Å²) in [5, 5.41) is 7.28. The number of carbonyl (C=O) groups is 1. The molecule has 0 aliphatic carbocycles. The first-order valence-electron chi connectivity index (χ1n) is 8.47. The van der Waals surface area contributed by atoms with Gasteiger partial charge >= 0.3 is 5.97 Å². The molecular weight excluding hydrogens is 353 g/mol. The largest absolute Gasteiger partial charge is 0.487 e. The molecule has 0 saturated heterocycles. The Morgan fingerprint density at radius 1 is 1.33 bits per heavy atom. The Morgan fingerprint density at radius 3 is 2.96 bits per heavy atom. The number of nitrogens with two attached hydrogens (primary N) is 1. The molecule has 0 radical (unpaired) electrons. The number of halogens is 1. The van der Waals surface area contributed by atoms with Crippen molar-refractivity contribution in [3.05, 3.63) is 47.4 Å². The van der Waals surface area contributed by atoms with Gasteiger partial charge in [0.2, 0.25) is 0 Å². The van der Waals surface area contributed by atoms with Gasteiger partial charge in [0, 0.05) is 11.8 Å². The predicted molar refractivity (Wildman–Crippen MR) is 96.2 cm³/mol. The van der Waals surface area contributed by atoms with Gasteiger partial charge in [-0.25, -0.2) is 18.7 Å². The minimum atomic E-state index is -0.630. The molecule has 2 atom stereocenters. The number of carbonyl (C=O) groups excluding carboxylic acids is 1. The van der Waals surface area contributed by atoms with Crippen LogP contribution in [0.3, 0.4) is 0 Å². The number of fused-ring (bicyclic) bond motifs is 2. The second kappa shape index (κ2) is 6.42. The molecule has 9 heteroatoms. The number of cyclic esters (lactones) is 1. The van der Waals surface area contributed by atoms with Crippen LogP contribution in [-0.4, -0.2) is 33.3 Å². The number of hydrogen-bond acceptors (Lipinski definition) is 7. The van der Waals surface area contributed by atoms with Gasteiger partial charge < -0.3 is 20.5 Å². The zero-order chi connectivity index (χ0) is 19.1. The number of hydrogen-bond donors (Lipinski definition) is 2. The lowest BCUT2D eigenvalue weighted by Gasteiger charge is -2.21. The standard InChI is InChI=1S/C18H18FN5O3/c1-9-8-26-18(25)15-16(20)23-24-6-5-14(22-17(15)24)21-10(2)12-7-11(19)3-4-13(12)27-9/h3-7,9-10H,8H2,1-2H3,(H2,20,23)(H,21,22)/t9-,10+/m0/s1. The first-order valence-corrected chi connectivity index (χ1v) is 8.47. The van der Waals surface area contributed by atoms with Crippen LogP contribution < -0.4 is 15.8 Å². The SMILES string of the molecule is C[C@H]1COC(=O)c2c(N)nn3ccc(nc23)N[C@H](C)c2cc(F)ccc2O1. The Balaban J connectivity index is 1.84. The monoisotopic (exact) mass is 371 g/mol. The number of rotatable bonds is 0. The molecule has 0 spiro atoms. The van der Waals surface area contributed by atoms with Crippen molar-refractivity contribution in [2.24, 2.45) is 0 Å². The van der Waals surface area contributed by atoms with Crippen LogP contribution in [0.25, 0.3) is 5.65 Å². The van der Waals surface area contributed by atoms with Crippen molar-refractivity contribution in [1.82, 2.24) is 14.6 Å². The van der Waals surface area contributed by atoms with E-state index in [1.165, 1.54) is 16.6 Å². The molecule has 1 aliphatic rings. The van der Waals surface area contributed by atoms with E-state index in [1.54, 1.807) is 25.3 Å². The summed E-state index contributed by atoms with van der Waals surface area (Å²) in [4.78, 5) is 16.9. The molecule has 2 aromatic heterocycles. The van der Waals surface area contributed by atoms with Crippen LogP contribution in [0.4, 0.5) is 16.0 Å².